The van der Waals surface area contributed by atoms with Crippen LogP contribution in [0, 0.1) is 0 Å². The highest BCUT2D eigenvalue weighted by atomic mass is 32.1. The summed E-state index contributed by atoms with van der Waals surface area (Å²) < 4.78 is 3.80. The Bertz CT molecular complexity index is 2010. The fraction of sp³-hybridized carbons (Fsp3) is 0. The van der Waals surface area contributed by atoms with Gasteiger partial charge in [-0.1, -0.05) is 96.3 Å². The van der Waals surface area contributed by atoms with Crippen LogP contribution < -0.4 is 10.1 Å². The summed E-state index contributed by atoms with van der Waals surface area (Å²) in [4.78, 5) is 18.5. The second kappa shape index (κ2) is 8.65. The molecule has 7 aromatic rings. The van der Waals surface area contributed by atoms with E-state index in [-0.39, 0.29) is 5.56 Å². The first-order valence-electron chi connectivity index (χ1n) is 11.8. The summed E-state index contributed by atoms with van der Waals surface area (Å²) in [5.74, 6) is 0.546. The van der Waals surface area contributed by atoms with Crippen molar-refractivity contribution in [2.45, 2.75) is 0 Å². The summed E-state index contributed by atoms with van der Waals surface area (Å²) in [7, 11) is 0. The molecule has 0 aliphatic rings. The zero-order valence-corrected chi connectivity index (χ0v) is 20.3. The lowest BCUT2D eigenvalue weighted by atomic mass is 10.0. The molecule has 0 radical (unpaired) electrons. The fourth-order valence-electron chi connectivity index (χ4n) is 4.45. The van der Waals surface area contributed by atoms with E-state index < -0.39 is 0 Å². The van der Waals surface area contributed by atoms with E-state index in [9.17, 15) is 4.79 Å². The van der Waals surface area contributed by atoms with Gasteiger partial charge in [-0.25, -0.2) is 4.68 Å². The first kappa shape index (κ1) is 21.4. The van der Waals surface area contributed by atoms with Gasteiger partial charge in [-0.05, 0) is 35.0 Å². The van der Waals surface area contributed by atoms with Crippen molar-refractivity contribution in [3.8, 4) is 28.3 Å². The molecule has 0 saturated heterocycles. The second-order valence-electron chi connectivity index (χ2n) is 8.69. The minimum absolute atomic E-state index is 0.188. The van der Waals surface area contributed by atoms with E-state index in [1.54, 1.807) is 0 Å². The molecule has 0 aliphatic heterocycles. The molecule has 6 nitrogen and oxygen atoms in total. The van der Waals surface area contributed by atoms with Crippen LogP contribution in [-0.2, 0) is 0 Å². The molecule has 7 rings (SSSR count). The Morgan fingerprint density at radius 1 is 0.730 bits per heavy atom. The number of rotatable bonds is 4. The molecule has 0 N–H and O–H groups in total. The Kier molecular flexibility index (Phi) is 5.01. The van der Waals surface area contributed by atoms with E-state index in [2.05, 4.69) is 40.4 Å². The number of para-hydroxylation sites is 1. The molecular formula is C30H19N5OS. The minimum atomic E-state index is -0.188. The number of fused-ring (bicyclic) bond motifs is 2. The van der Waals surface area contributed by atoms with Crippen molar-refractivity contribution in [2.24, 2.45) is 0 Å². The van der Waals surface area contributed by atoms with Crippen molar-refractivity contribution in [1.82, 2.24) is 24.4 Å². The Morgan fingerprint density at radius 2 is 1.46 bits per heavy atom. The second-order valence-corrected chi connectivity index (χ2v) is 9.70. The van der Waals surface area contributed by atoms with Gasteiger partial charge in [0.2, 0.25) is 4.96 Å². The van der Waals surface area contributed by atoms with Crippen molar-refractivity contribution in [3.05, 3.63) is 130 Å². The molecule has 0 fully saturated rings. The van der Waals surface area contributed by atoms with Crippen LogP contribution in [0.2, 0.25) is 0 Å². The third kappa shape index (κ3) is 3.82. The molecule has 3 heterocycles. The van der Waals surface area contributed by atoms with Crippen LogP contribution in [-0.4, -0.2) is 24.4 Å². The topological polar surface area (TPSA) is 65.1 Å². The molecule has 0 spiro atoms. The summed E-state index contributed by atoms with van der Waals surface area (Å²) in [6, 6.07) is 34.2. The third-order valence-corrected chi connectivity index (χ3v) is 7.25. The maximum atomic E-state index is 13.3. The number of aromatic nitrogens is 5. The lowest BCUT2D eigenvalue weighted by molar-refractivity contribution is 0.884. The number of thiazole rings is 1. The van der Waals surface area contributed by atoms with Gasteiger partial charge < -0.3 is 0 Å². The highest BCUT2D eigenvalue weighted by Crippen LogP contribution is 2.28. The van der Waals surface area contributed by atoms with Crippen LogP contribution in [0.5, 0.6) is 0 Å². The van der Waals surface area contributed by atoms with Gasteiger partial charge in [-0.3, -0.25) is 4.79 Å². The molecule has 0 saturated carbocycles. The normalized spacial score (nSPS) is 12.1. The van der Waals surface area contributed by atoms with Crippen LogP contribution in [0.25, 0.3) is 50.1 Å². The quantitative estimate of drug-likeness (QED) is 0.328. The lowest BCUT2D eigenvalue weighted by Gasteiger charge is -2.03. The molecule has 0 amide bonds. The molecule has 176 valence electrons. The molecule has 37 heavy (non-hydrogen) atoms. The number of hydrogen-bond donors (Lipinski definition) is 0. The van der Waals surface area contributed by atoms with Crippen LogP contribution in [0.4, 0.5) is 0 Å². The Morgan fingerprint density at radius 3 is 2.24 bits per heavy atom. The summed E-state index contributed by atoms with van der Waals surface area (Å²) >= 11 is 1.33. The average Bonchev–Trinajstić information content (AvgIpc) is 3.64. The molecule has 7 heteroatoms. The van der Waals surface area contributed by atoms with E-state index in [1.807, 2.05) is 89.8 Å². The molecule has 4 aromatic carbocycles. The summed E-state index contributed by atoms with van der Waals surface area (Å²) in [6.45, 7) is 0. The fourth-order valence-corrected chi connectivity index (χ4v) is 5.35. The average molecular weight is 498 g/mol. The van der Waals surface area contributed by atoms with Gasteiger partial charge in [-0.2, -0.15) is 14.6 Å². The molecular weight excluding hydrogens is 478 g/mol. The predicted molar refractivity (Wildman–Crippen MR) is 148 cm³/mol. The molecule has 0 aliphatic carbocycles. The largest absolute Gasteiger partial charge is 0.291 e. The number of nitrogens with zero attached hydrogens (tertiary/aromatic N) is 5. The van der Waals surface area contributed by atoms with Gasteiger partial charge in [0.15, 0.2) is 5.82 Å². The Balaban J connectivity index is 1.39. The molecule has 3 aromatic heterocycles. The van der Waals surface area contributed by atoms with E-state index in [1.165, 1.54) is 21.2 Å². The van der Waals surface area contributed by atoms with Gasteiger partial charge in [0.1, 0.15) is 5.69 Å². The van der Waals surface area contributed by atoms with Crippen molar-refractivity contribution in [2.75, 3.05) is 0 Å². The molecule has 0 atom stereocenters. The molecule has 0 bridgehead atoms. The van der Waals surface area contributed by atoms with E-state index >= 15 is 0 Å². The smallest absolute Gasteiger partial charge is 0.266 e. The van der Waals surface area contributed by atoms with Crippen LogP contribution in [0.15, 0.2) is 114 Å². The van der Waals surface area contributed by atoms with Crippen LogP contribution in [0.1, 0.15) is 5.56 Å². The monoisotopic (exact) mass is 497 g/mol. The highest BCUT2D eigenvalue weighted by Gasteiger charge is 2.15. The SMILES string of the molecule is O=c1c(=Cc2cn(-c3ccccc3)nc2-c2ccc3ccccc3c2)sc2nc(-c3ccccc3)nn12. The van der Waals surface area contributed by atoms with Crippen molar-refractivity contribution in [1.29, 1.82) is 0 Å². The predicted octanol–water partition coefficient (Wildman–Crippen LogP) is 5.37. The van der Waals surface area contributed by atoms with Crippen LogP contribution >= 0.6 is 11.3 Å². The van der Waals surface area contributed by atoms with Gasteiger partial charge in [0, 0.05) is 22.9 Å². The van der Waals surface area contributed by atoms with Gasteiger partial charge >= 0.3 is 0 Å². The summed E-state index contributed by atoms with van der Waals surface area (Å²) in [6.07, 6.45) is 3.85. The van der Waals surface area contributed by atoms with Crippen molar-refractivity contribution < 1.29 is 0 Å². The zero-order chi connectivity index (χ0) is 24.8. The van der Waals surface area contributed by atoms with Crippen molar-refractivity contribution >= 4 is 33.1 Å². The Hall–Kier alpha value is -4.88. The maximum Gasteiger partial charge on any atom is 0.291 e. The summed E-state index contributed by atoms with van der Waals surface area (Å²) in [5, 5.41) is 11.7. The number of benzene rings is 4. The van der Waals surface area contributed by atoms with E-state index in [4.69, 9.17) is 5.10 Å². The Labute approximate surface area is 215 Å². The van der Waals surface area contributed by atoms with E-state index in [0.717, 1.165) is 33.5 Å². The zero-order valence-electron chi connectivity index (χ0n) is 19.5. The van der Waals surface area contributed by atoms with Gasteiger partial charge in [0.25, 0.3) is 5.56 Å². The van der Waals surface area contributed by atoms with E-state index in [0.29, 0.717) is 15.3 Å². The third-order valence-electron chi connectivity index (χ3n) is 6.29. The van der Waals surface area contributed by atoms with Gasteiger partial charge in [0.05, 0.1) is 10.2 Å². The standard InChI is InChI=1S/C30H19N5OS/c36-29-26(37-30-31-28(33-35(29)30)21-10-3-1-4-11-21)18-24-19-34(25-13-5-2-6-14-25)32-27(24)23-16-15-20-9-7-8-12-22(20)17-23/h1-19H. The van der Waals surface area contributed by atoms with Gasteiger partial charge in [-0.15, -0.1) is 5.10 Å². The maximum absolute atomic E-state index is 13.3. The van der Waals surface area contributed by atoms with Crippen molar-refractivity contribution in [3.63, 3.8) is 0 Å². The first-order valence-corrected chi connectivity index (χ1v) is 12.7. The lowest BCUT2D eigenvalue weighted by Crippen LogP contribution is -2.23. The highest BCUT2D eigenvalue weighted by molar-refractivity contribution is 7.15. The first-order chi connectivity index (χ1) is 18.2. The minimum Gasteiger partial charge on any atom is -0.266 e. The number of hydrogen-bond acceptors (Lipinski definition) is 5. The summed E-state index contributed by atoms with van der Waals surface area (Å²) in [5.41, 5.74) is 4.28. The van der Waals surface area contributed by atoms with Crippen LogP contribution in [0.3, 0.4) is 0 Å². The molecule has 0 unspecified atom stereocenters.